The summed E-state index contributed by atoms with van der Waals surface area (Å²) in [5.74, 6) is 0.430. The molecule has 0 aliphatic carbocycles. The second-order valence-electron chi connectivity index (χ2n) is 8.32. The highest BCUT2D eigenvalue weighted by molar-refractivity contribution is 7.99. The SMILES string of the molecule is CCCCOc1ccc(C(=O)NCc2nnc(SCC(=O)Nc3ccc(F)cc3)n2-c2ccccc2)cc1. The maximum Gasteiger partial charge on any atom is 0.251 e. The van der Waals surface area contributed by atoms with Gasteiger partial charge in [0.1, 0.15) is 11.6 Å². The minimum atomic E-state index is -0.374. The number of anilines is 1. The normalized spacial score (nSPS) is 10.7. The van der Waals surface area contributed by atoms with Crippen molar-refractivity contribution in [3.63, 3.8) is 0 Å². The highest BCUT2D eigenvalue weighted by Crippen LogP contribution is 2.23. The Morgan fingerprint density at radius 2 is 1.71 bits per heavy atom. The third kappa shape index (κ3) is 7.42. The van der Waals surface area contributed by atoms with Crippen LogP contribution in [0.3, 0.4) is 0 Å². The van der Waals surface area contributed by atoms with Crippen molar-refractivity contribution in [2.45, 2.75) is 31.5 Å². The topological polar surface area (TPSA) is 98.1 Å². The van der Waals surface area contributed by atoms with E-state index in [4.69, 9.17) is 4.74 Å². The van der Waals surface area contributed by atoms with Crippen molar-refractivity contribution in [3.05, 3.63) is 96.1 Å². The molecule has 0 atom stereocenters. The average Bonchev–Trinajstić information content (AvgIpc) is 3.35. The molecule has 0 bridgehead atoms. The fourth-order valence-electron chi connectivity index (χ4n) is 3.50. The van der Waals surface area contributed by atoms with Crippen LogP contribution in [0.1, 0.15) is 35.9 Å². The first-order valence-corrected chi connectivity index (χ1v) is 13.2. The molecular formula is C28H28FN5O3S. The van der Waals surface area contributed by atoms with E-state index in [-0.39, 0.29) is 29.9 Å². The molecule has 10 heteroatoms. The lowest BCUT2D eigenvalue weighted by Crippen LogP contribution is -2.24. The predicted octanol–water partition coefficient (Wildman–Crippen LogP) is 5.25. The molecule has 8 nitrogen and oxygen atoms in total. The standard InChI is InChI=1S/C28H28FN5O3S/c1-2-3-17-37-24-15-9-20(10-16-24)27(36)30-18-25-32-33-28(34(25)23-7-5-4-6-8-23)38-19-26(35)31-22-13-11-21(29)12-14-22/h4-16H,2-3,17-19H2,1H3,(H,30,36)(H,31,35). The molecule has 2 N–H and O–H groups in total. The van der Waals surface area contributed by atoms with E-state index >= 15 is 0 Å². The molecule has 0 unspecified atom stereocenters. The van der Waals surface area contributed by atoms with Crippen LogP contribution in [0.2, 0.25) is 0 Å². The van der Waals surface area contributed by atoms with Gasteiger partial charge >= 0.3 is 0 Å². The zero-order valence-corrected chi connectivity index (χ0v) is 21.7. The van der Waals surface area contributed by atoms with Gasteiger partial charge in [-0.1, -0.05) is 43.3 Å². The van der Waals surface area contributed by atoms with E-state index in [0.29, 0.717) is 28.8 Å². The van der Waals surface area contributed by atoms with Crippen molar-refractivity contribution < 1.29 is 18.7 Å². The Hall–Kier alpha value is -4.18. The molecule has 0 saturated carbocycles. The van der Waals surface area contributed by atoms with Crippen LogP contribution in [0.5, 0.6) is 5.75 Å². The van der Waals surface area contributed by atoms with E-state index < -0.39 is 0 Å². The third-order valence-electron chi connectivity index (χ3n) is 5.47. The molecule has 196 valence electrons. The van der Waals surface area contributed by atoms with Gasteiger partial charge in [-0.25, -0.2) is 4.39 Å². The largest absolute Gasteiger partial charge is 0.494 e. The number of hydrogen-bond acceptors (Lipinski definition) is 6. The van der Waals surface area contributed by atoms with Crippen molar-refractivity contribution in [1.82, 2.24) is 20.1 Å². The second kappa shape index (κ2) is 13.4. The molecular weight excluding hydrogens is 505 g/mol. The number of unbranched alkanes of at least 4 members (excludes halogenated alkanes) is 1. The molecule has 4 aromatic rings. The second-order valence-corrected chi connectivity index (χ2v) is 9.27. The van der Waals surface area contributed by atoms with Crippen LogP contribution < -0.4 is 15.4 Å². The summed E-state index contributed by atoms with van der Waals surface area (Å²) < 4.78 is 20.6. The van der Waals surface area contributed by atoms with Crippen LogP contribution >= 0.6 is 11.8 Å². The molecule has 0 aliphatic heterocycles. The van der Waals surface area contributed by atoms with Crippen molar-refractivity contribution in [3.8, 4) is 11.4 Å². The molecule has 38 heavy (non-hydrogen) atoms. The van der Waals surface area contributed by atoms with Crippen molar-refractivity contribution in [1.29, 1.82) is 0 Å². The molecule has 0 spiro atoms. The van der Waals surface area contributed by atoms with Crippen molar-refractivity contribution in [2.24, 2.45) is 0 Å². The number of carbonyl (C=O) groups excluding carboxylic acids is 2. The number of amides is 2. The fourth-order valence-corrected chi connectivity index (χ4v) is 4.27. The molecule has 1 aromatic heterocycles. The third-order valence-corrected chi connectivity index (χ3v) is 6.39. The molecule has 0 saturated heterocycles. The van der Waals surface area contributed by atoms with Crippen LogP contribution in [-0.4, -0.2) is 38.9 Å². The summed E-state index contributed by atoms with van der Waals surface area (Å²) in [6, 6.07) is 22.0. The molecule has 0 radical (unpaired) electrons. The summed E-state index contributed by atoms with van der Waals surface area (Å²) >= 11 is 1.21. The number of carbonyl (C=O) groups is 2. The van der Waals surface area contributed by atoms with Gasteiger partial charge in [0.15, 0.2) is 11.0 Å². The average molecular weight is 534 g/mol. The number of nitrogens with zero attached hydrogens (tertiary/aromatic N) is 3. The lowest BCUT2D eigenvalue weighted by Gasteiger charge is -2.11. The van der Waals surface area contributed by atoms with Crippen molar-refractivity contribution >= 4 is 29.3 Å². The van der Waals surface area contributed by atoms with Crippen LogP contribution in [0, 0.1) is 5.82 Å². The number of rotatable bonds is 12. The van der Waals surface area contributed by atoms with E-state index in [0.717, 1.165) is 24.3 Å². The first-order valence-electron chi connectivity index (χ1n) is 12.2. The van der Waals surface area contributed by atoms with Gasteiger partial charge in [-0.05, 0) is 67.1 Å². The minimum absolute atomic E-state index is 0.0708. The number of aromatic nitrogens is 3. The molecule has 2 amide bonds. The van der Waals surface area contributed by atoms with Gasteiger partial charge in [-0.15, -0.1) is 10.2 Å². The Bertz CT molecular complexity index is 1350. The summed E-state index contributed by atoms with van der Waals surface area (Å²) in [7, 11) is 0. The van der Waals surface area contributed by atoms with E-state index in [1.807, 2.05) is 30.3 Å². The predicted molar refractivity (Wildman–Crippen MR) is 145 cm³/mol. The summed E-state index contributed by atoms with van der Waals surface area (Å²) in [5.41, 5.74) is 1.81. The lowest BCUT2D eigenvalue weighted by atomic mass is 10.2. The van der Waals surface area contributed by atoms with Crippen LogP contribution in [0.4, 0.5) is 10.1 Å². The van der Waals surface area contributed by atoms with Gasteiger partial charge in [0, 0.05) is 16.9 Å². The zero-order chi connectivity index (χ0) is 26.7. The molecule has 0 fully saturated rings. The maximum absolute atomic E-state index is 13.1. The Kier molecular flexibility index (Phi) is 9.47. The summed E-state index contributed by atoms with van der Waals surface area (Å²) in [6.07, 6.45) is 2.03. The quantitative estimate of drug-likeness (QED) is 0.191. The number of para-hydroxylation sites is 1. The minimum Gasteiger partial charge on any atom is -0.494 e. The molecule has 1 heterocycles. The Morgan fingerprint density at radius 3 is 2.42 bits per heavy atom. The number of halogens is 1. The highest BCUT2D eigenvalue weighted by atomic mass is 32.2. The summed E-state index contributed by atoms with van der Waals surface area (Å²) in [5, 5.41) is 14.7. The molecule has 3 aromatic carbocycles. The number of thioether (sulfide) groups is 1. The fraction of sp³-hybridized carbons (Fsp3) is 0.214. The van der Waals surface area contributed by atoms with Gasteiger partial charge in [0.2, 0.25) is 5.91 Å². The number of benzene rings is 3. The van der Waals surface area contributed by atoms with E-state index in [1.54, 1.807) is 28.8 Å². The first kappa shape index (κ1) is 26.9. The lowest BCUT2D eigenvalue weighted by molar-refractivity contribution is -0.113. The smallest absolute Gasteiger partial charge is 0.251 e. The summed E-state index contributed by atoms with van der Waals surface area (Å²) in [6.45, 7) is 2.88. The van der Waals surface area contributed by atoms with Crippen LogP contribution in [0.15, 0.2) is 84.0 Å². The Labute approximate surface area is 224 Å². The Balaban J connectivity index is 1.41. The van der Waals surface area contributed by atoms with E-state index in [1.165, 1.54) is 36.0 Å². The molecule has 0 aliphatic rings. The van der Waals surface area contributed by atoms with Gasteiger partial charge in [-0.2, -0.15) is 0 Å². The van der Waals surface area contributed by atoms with Gasteiger partial charge in [0.05, 0.1) is 18.9 Å². The van der Waals surface area contributed by atoms with Crippen LogP contribution in [-0.2, 0) is 11.3 Å². The van der Waals surface area contributed by atoms with E-state index in [9.17, 15) is 14.0 Å². The first-order chi connectivity index (χ1) is 18.5. The monoisotopic (exact) mass is 533 g/mol. The maximum atomic E-state index is 13.1. The van der Waals surface area contributed by atoms with Crippen LogP contribution in [0.25, 0.3) is 5.69 Å². The number of ether oxygens (including phenoxy) is 1. The van der Waals surface area contributed by atoms with Gasteiger partial charge in [0.25, 0.3) is 5.91 Å². The van der Waals surface area contributed by atoms with E-state index in [2.05, 4.69) is 27.8 Å². The van der Waals surface area contributed by atoms with Gasteiger partial charge in [-0.3, -0.25) is 14.2 Å². The van der Waals surface area contributed by atoms with Crippen molar-refractivity contribution in [2.75, 3.05) is 17.7 Å². The number of hydrogen-bond donors (Lipinski definition) is 2. The highest BCUT2D eigenvalue weighted by Gasteiger charge is 2.17. The zero-order valence-electron chi connectivity index (χ0n) is 20.9. The summed E-state index contributed by atoms with van der Waals surface area (Å²) in [4.78, 5) is 25.2. The molecule has 4 rings (SSSR count). The van der Waals surface area contributed by atoms with Gasteiger partial charge < -0.3 is 15.4 Å². The number of nitrogens with one attached hydrogen (secondary N) is 2. The Morgan fingerprint density at radius 1 is 0.974 bits per heavy atom.